The van der Waals surface area contributed by atoms with E-state index in [1.807, 2.05) is 0 Å². The zero-order valence-electron chi connectivity index (χ0n) is 14.9. The van der Waals surface area contributed by atoms with Gasteiger partial charge in [0.05, 0.1) is 0 Å². The average Bonchev–Trinajstić information content (AvgIpc) is 3.09. The molecule has 1 unspecified atom stereocenters. The second-order valence-corrected chi connectivity index (χ2v) is 11.2. The highest BCUT2D eigenvalue weighted by Crippen LogP contribution is 2.34. The quantitative estimate of drug-likeness (QED) is 0.467. The van der Waals surface area contributed by atoms with Crippen LogP contribution in [-0.2, 0) is 7.05 Å². The number of nitrogens with zero attached hydrogens (tertiary/aromatic N) is 1. The van der Waals surface area contributed by atoms with Crippen LogP contribution in [0.15, 0.2) is 72.8 Å². The maximum Gasteiger partial charge on any atom is 0.149 e. The van der Waals surface area contributed by atoms with E-state index in [4.69, 9.17) is 0 Å². The van der Waals surface area contributed by atoms with Crippen molar-refractivity contribution in [3.63, 3.8) is 0 Å². The number of rotatable bonds is 1. The molecule has 0 aliphatic carbocycles. The van der Waals surface area contributed by atoms with Crippen molar-refractivity contribution in [2.75, 3.05) is 0 Å². The van der Waals surface area contributed by atoms with Gasteiger partial charge in [-0.3, -0.25) is 0 Å². The molecule has 122 valence electrons. The molecule has 1 aromatic heterocycles. The molecule has 0 fully saturated rings. The highest BCUT2D eigenvalue weighted by Gasteiger charge is 2.46. The van der Waals surface area contributed by atoms with Gasteiger partial charge in [-0.25, -0.2) is 0 Å². The third kappa shape index (κ3) is 1.78. The van der Waals surface area contributed by atoms with Crippen LogP contribution < -0.4 is 15.6 Å². The molecular weight excluding hydrogens is 318 g/mol. The largest absolute Gasteiger partial charge is 0.344 e. The summed E-state index contributed by atoms with van der Waals surface area (Å²) in [5.41, 5.74) is 5.53. The van der Waals surface area contributed by atoms with Crippen molar-refractivity contribution < 1.29 is 0 Å². The van der Waals surface area contributed by atoms with E-state index in [9.17, 15) is 0 Å². The third-order valence-corrected chi connectivity index (χ3v) is 10.4. The van der Waals surface area contributed by atoms with E-state index in [0.29, 0.717) is 0 Å². The van der Waals surface area contributed by atoms with E-state index >= 15 is 0 Å². The van der Waals surface area contributed by atoms with Crippen molar-refractivity contribution in [3.05, 3.63) is 78.4 Å². The molecule has 1 aliphatic heterocycles. The Labute approximate surface area is 149 Å². The van der Waals surface area contributed by atoms with E-state index in [1.165, 1.54) is 32.9 Å². The number of hydrogen-bond donors (Lipinski definition) is 0. The van der Waals surface area contributed by atoms with Gasteiger partial charge in [0.25, 0.3) is 0 Å². The van der Waals surface area contributed by atoms with Crippen molar-refractivity contribution in [1.82, 2.24) is 4.57 Å². The van der Waals surface area contributed by atoms with Crippen LogP contribution in [0.1, 0.15) is 5.56 Å². The zero-order chi connectivity index (χ0) is 17.2. The van der Waals surface area contributed by atoms with Gasteiger partial charge in [-0.1, -0.05) is 72.8 Å². The van der Waals surface area contributed by atoms with E-state index in [1.54, 1.807) is 10.4 Å². The summed E-state index contributed by atoms with van der Waals surface area (Å²) < 4.78 is 2.41. The maximum atomic E-state index is 2.52. The molecule has 4 aromatic rings. The fourth-order valence-electron chi connectivity index (χ4n) is 4.71. The lowest BCUT2D eigenvalue weighted by Gasteiger charge is -2.25. The lowest BCUT2D eigenvalue weighted by Crippen LogP contribution is -2.62. The van der Waals surface area contributed by atoms with Gasteiger partial charge in [-0.05, 0) is 40.2 Å². The monoisotopic (exact) mass is 339 g/mol. The zero-order valence-corrected chi connectivity index (χ0v) is 15.9. The smallest absolute Gasteiger partial charge is 0.149 e. The van der Waals surface area contributed by atoms with E-state index in [0.717, 1.165) is 0 Å². The molecule has 0 saturated carbocycles. The molecule has 0 amide bonds. The Morgan fingerprint density at radius 3 is 2.36 bits per heavy atom. The lowest BCUT2D eigenvalue weighted by molar-refractivity contribution is 0.982. The first-order chi connectivity index (χ1) is 12.1. The van der Waals surface area contributed by atoms with Gasteiger partial charge in [0.15, 0.2) is 0 Å². The standard InChI is InChI=1S/C23H21NSi/c1-16-13-14-20-19(15-16)23-22(24(20)2)18-11-7-8-12-21(18)25(23,3)17-9-5-4-6-10-17/h4-15H,1-3H3. The van der Waals surface area contributed by atoms with Gasteiger partial charge in [0, 0.05) is 23.6 Å². The molecule has 5 rings (SSSR count). The molecule has 25 heavy (non-hydrogen) atoms. The molecule has 2 heteroatoms. The molecular formula is C23H21NSi. The Hall–Kier alpha value is -2.58. The first kappa shape index (κ1) is 14.7. The van der Waals surface area contributed by atoms with Gasteiger partial charge in [0.2, 0.25) is 0 Å². The normalized spacial score (nSPS) is 18.4. The molecule has 0 bridgehead atoms. The fraction of sp³-hybridized carbons (Fsp3) is 0.130. The molecule has 1 aliphatic rings. The van der Waals surface area contributed by atoms with Gasteiger partial charge in [-0.2, -0.15) is 0 Å². The molecule has 3 aromatic carbocycles. The number of aryl methyl sites for hydroxylation is 2. The molecule has 0 N–H and O–H groups in total. The summed E-state index contributed by atoms with van der Waals surface area (Å²) in [4.78, 5) is 0. The first-order valence-corrected chi connectivity index (χ1v) is 11.4. The van der Waals surface area contributed by atoms with Crippen LogP contribution >= 0.6 is 0 Å². The van der Waals surface area contributed by atoms with Crippen molar-refractivity contribution >= 4 is 34.5 Å². The molecule has 0 radical (unpaired) electrons. The predicted octanol–water partition coefficient (Wildman–Crippen LogP) is 3.57. The van der Waals surface area contributed by atoms with Crippen LogP contribution in [0.25, 0.3) is 22.2 Å². The minimum Gasteiger partial charge on any atom is -0.344 e. The van der Waals surface area contributed by atoms with E-state index in [2.05, 4.69) is 97.9 Å². The first-order valence-electron chi connectivity index (χ1n) is 8.87. The summed E-state index contributed by atoms with van der Waals surface area (Å²) >= 11 is 0. The Morgan fingerprint density at radius 1 is 0.840 bits per heavy atom. The maximum absolute atomic E-state index is 2.52. The van der Waals surface area contributed by atoms with Crippen LogP contribution in [0.4, 0.5) is 0 Å². The Morgan fingerprint density at radius 2 is 1.56 bits per heavy atom. The second kappa shape index (κ2) is 4.96. The highest BCUT2D eigenvalue weighted by molar-refractivity contribution is 7.14. The van der Waals surface area contributed by atoms with Crippen LogP contribution in [0.2, 0.25) is 6.55 Å². The number of aromatic nitrogens is 1. The molecule has 1 atom stereocenters. The highest BCUT2D eigenvalue weighted by atomic mass is 28.3. The summed E-state index contributed by atoms with van der Waals surface area (Å²) in [5, 5.41) is 6.06. The SMILES string of the molecule is Cc1ccc2c(c1)c1c(n2C)-c2ccccc2[Si]1(C)c1ccccc1. The van der Waals surface area contributed by atoms with Gasteiger partial charge >= 0.3 is 0 Å². The van der Waals surface area contributed by atoms with Crippen LogP contribution in [-0.4, -0.2) is 12.6 Å². The van der Waals surface area contributed by atoms with Crippen molar-refractivity contribution in [3.8, 4) is 11.3 Å². The number of fused-ring (bicyclic) bond motifs is 5. The summed E-state index contributed by atoms with van der Waals surface area (Å²) in [6.07, 6.45) is 0. The van der Waals surface area contributed by atoms with Crippen LogP contribution in [0.5, 0.6) is 0 Å². The minimum atomic E-state index is -1.99. The minimum absolute atomic E-state index is 1.33. The summed E-state index contributed by atoms with van der Waals surface area (Å²) in [7, 11) is 0.230. The second-order valence-electron chi connectivity index (χ2n) is 7.34. The van der Waals surface area contributed by atoms with Gasteiger partial charge in [0.1, 0.15) is 8.07 Å². The van der Waals surface area contributed by atoms with Crippen molar-refractivity contribution in [2.45, 2.75) is 13.5 Å². The summed E-state index contributed by atoms with van der Waals surface area (Å²) in [5.74, 6) is 0. The predicted molar refractivity (Wildman–Crippen MR) is 110 cm³/mol. The summed E-state index contributed by atoms with van der Waals surface area (Å²) in [6, 6.07) is 27.1. The van der Waals surface area contributed by atoms with Gasteiger partial charge in [-0.15, -0.1) is 0 Å². The van der Waals surface area contributed by atoms with Crippen molar-refractivity contribution in [1.29, 1.82) is 0 Å². The molecule has 1 nitrogen and oxygen atoms in total. The van der Waals surface area contributed by atoms with Crippen LogP contribution in [0, 0.1) is 6.92 Å². The summed E-state index contributed by atoms with van der Waals surface area (Å²) in [6.45, 7) is 4.72. The van der Waals surface area contributed by atoms with E-state index < -0.39 is 8.07 Å². The fourth-order valence-corrected chi connectivity index (χ4v) is 9.12. The Kier molecular flexibility index (Phi) is 2.92. The number of hydrogen-bond acceptors (Lipinski definition) is 0. The molecule has 2 heterocycles. The topological polar surface area (TPSA) is 4.93 Å². The molecule has 0 saturated heterocycles. The Bertz CT molecular complexity index is 1120. The van der Waals surface area contributed by atoms with Crippen LogP contribution in [0.3, 0.4) is 0 Å². The third-order valence-electron chi connectivity index (χ3n) is 5.93. The van der Waals surface area contributed by atoms with Crippen molar-refractivity contribution in [2.24, 2.45) is 7.05 Å². The van der Waals surface area contributed by atoms with E-state index in [-0.39, 0.29) is 0 Å². The molecule has 0 spiro atoms. The number of benzene rings is 3. The Balaban J connectivity index is 2.00. The lowest BCUT2D eigenvalue weighted by atomic mass is 10.1. The average molecular weight is 340 g/mol. The van der Waals surface area contributed by atoms with Gasteiger partial charge < -0.3 is 4.57 Å².